The second-order valence-electron chi connectivity index (χ2n) is 5.46. The van der Waals surface area contributed by atoms with Crippen LogP contribution in [0.2, 0.25) is 4.34 Å². The predicted octanol–water partition coefficient (Wildman–Crippen LogP) is 4.06. The van der Waals surface area contributed by atoms with Gasteiger partial charge in [-0.25, -0.2) is 0 Å². The topological polar surface area (TPSA) is 46.2 Å². The van der Waals surface area contributed by atoms with E-state index in [2.05, 4.69) is 12.2 Å². The summed E-state index contributed by atoms with van der Waals surface area (Å²) in [5, 5.41) is 3.07. The van der Waals surface area contributed by atoms with Crippen LogP contribution in [0.15, 0.2) is 12.1 Å². The van der Waals surface area contributed by atoms with Gasteiger partial charge in [0.05, 0.1) is 9.21 Å². The molecule has 3 nitrogen and oxygen atoms in total. The van der Waals surface area contributed by atoms with Crippen LogP contribution in [0.1, 0.15) is 55.1 Å². The molecule has 0 radical (unpaired) electrons. The van der Waals surface area contributed by atoms with Crippen molar-refractivity contribution < 1.29 is 9.59 Å². The van der Waals surface area contributed by atoms with Gasteiger partial charge in [-0.1, -0.05) is 31.4 Å². The molecule has 1 aromatic rings. The van der Waals surface area contributed by atoms with Crippen LogP contribution >= 0.6 is 22.9 Å². The molecule has 1 aliphatic rings. The number of Topliss-reactive ketones (excluding diaryl/α,β-unsaturated/α-hetero) is 1. The first-order valence-corrected chi connectivity index (χ1v) is 8.33. The largest absolute Gasteiger partial charge is 0.353 e. The Balaban J connectivity index is 1.76. The molecule has 1 saturated carbocycles. The van der Waals surface area contributed by atoms with Crippen molar-refractivity contribution in [3.8, 4) is 0 Å². The van der Waals surface area contributed by atoms with Crippen molar-refractivity contribution in [2.24, 2.45) is 5.92 Å². The fourth-order valence-corrected chi connectivity index (χ4v) is 3.63. The molecule has 5 heteroatoms. The molecular formula is C15H20ClNO2S. The van der Waals surface area contributed by atoms with Gasteiger partial charge >= 0.3 is 0 Å². The van der Waals surface area contributed by atoms with E-state index in [0.29, 0.717) is 15.1 Å². The van der Waals surface area contributed by atoms with E-state index in [1.165, 1.54) is 30.6 Å². The van der Waals surface area contributed by atoms with Crippen molar-refractivity contribution in [3.05, 3.63) is 21.3 Å². The highest BCUT2D eigenvalue weighted by molar-refractivity contribution is 7.18. The quantitative estimate of drug-likeness (QED) is 0.833. The number of hydrogen-bond donors (Lipinski definition) is 1. The van der Waals surface area contributed by atoms with Crippen LogP contribution in [-0.2, 0) is 4.79 Å². The average Bonchev–Trinajstić information content (AvgIpc) is 2.85. The number of ketones is 1. The highest BCUT2D eigenvalue weighted by Gasteiger charge is 2.23. The molecule has 0 aromatic carbocycles. The van der Waals surface area contributed by atoms with Crippen LogP contribution in [0.4, 0.5) is 0 Å². The third-order valence-electron chi connectivity index (χ3n) is 3.89. The van der Waals surface area contributed by atoms with Gasteiger partial charge in [0.1, 0.15) is 0 Å². The number of rotatable bonds is 5. The van der Waals surface area contributed by atoms with Gasteiger partial charge in [-0.2, -0.15) is 0 Å². The minimum atomic E-state index is -0.0141. The Bertz CT molecular complexity index is 486. The molecule has 1 heterocycles. The molecule has 0 unspecified atom stereocenters. The minimum Gasteiger partial charge on any atom is -0.353 e. The first kappa shape index (κ1) is 15.5. The van der Waals surface area contributed by atoms with Crippen LogP contribution in [-0.4, -0.2) is 17.7 Å². The van der Waals surface area contributed by atoms with Crippen molar-refractivity contribution in [2.45, 2.75) is 51.5 Å². The second-order valence-corrected chi connectivity index (χ2v) is 7.18. The Labute approximate surface area is 128 Å². The van der Waals surface area contributed by atoms with Gasteiger partial charge in [-0.15, -0.1) is 11.3 Å². The van der Waals surface area contributed by atoms with Gasteiger partial charge in [0.2, 0.25) is 5.91 Å². The summed E-state index contributed by atoms with van der Waals surface area (Å²) in [5.74, 6) is 0.521. The molecular weight excluding hydrogens is 294 g/mol. The number of amides is 1. The Hall–Kier alpha value is -0.870. The van der Waals surface area contributed by atoms with E-state index < -0.39 is 0 Å². The maximum Gasteiger partial charge on any atom is 0.220 e. The number of carbonyl (C=O) groups excluding carboxylic acids is 2. The molecule has 2 rings (SSSR count). The zero-order valence-electron chi connectivity index (χ0n) is 11.7. The molecule has 1 aliphatic carbocycles. The first-order chi connectivity index (χ1) is 9.56. The minimum absolute atomic E-state index is 0.00579. The Morgan fingerprint density at radius 3 is 2.70 bits per heavy atom. The van der Waals surface area contributed by atoms with Crippen LogP contribution in [0.3, 0.4) is 0 Å². The third kappa shape index (κ3) is 4.32. The van der Waals surface area contributed by atoms with Crippen LogP contribution in [0, 0.1) is 5.92 Å². The Morgan fingerprint density at radius 1 is 1.30 bits per heavy atom. The maximum absolute atomic E-state index is 11.9. The molecule has 0 bridgehead atoms. The van der Waals surface area contributed by atoms with Crippen LogP contribution in [0.5, 0.6) is 0 Å². The zero-order chi connectivity index (χ0) is 14.5. The van der Waals surface area contributed by atoms with E-state index in [4.69, 9.17) is 11.6 Å². The number of carbonyl (C=O) groups is 2. The summed E-state index contributed by atoms with van der Waals surface area (Å²) in [6, 6.07) is 3.71. The van der Waals surface area contributed by atoms with Crippen molar-refractivity contribution in [1.82, 2.24) is 5.32 Å². The van der Waals surface area contributed by atoms with Crippen molar-refractivity contribution in [1.29, 1.82) is 0 Å². The van der Waals surface area contributed by atoms with Crippen LogP contribution < -0.4 is 5.32 Å². The van der Waals surface area contributed by atoms with E-state index in [9.17, 15) is 9.59 Å². The highest BCUT2D eigenvalue weighted by Crippen LogP contribution is 2.24. The monoisotopic (exact) mass is 313 g/mol. The van der Waals surface area contributed by atoms with Crippen molar-refractivity contribution in [2.75, 3.05) is 0 Å². The maximum atomic E-state index is 11.9. The summed E-state index contributed by atoms with van der Waals surface area (Å²) >= 11 is 7.07. The molecule has 0 aliphatic heterocycles. The Morgan fingerprint density at radius 2 is 2.05 bits per heavy atom. The summed E-state index contributed by atoms with van der Waals surface area (Å²) in [6.07, 6.45) is 5.19. The summed E-state index contributed by atoms with van der Waals surface area (Å²) in [5.41, 5.74) is 0. The normalized spacial score (nSPS) is 22.5. The Kier molecular flexibility index (Phi) is 5.61. The number of nitrogens with one attached hydrogen (secondary N) is 1. The lowest BCUT2D eigenvalue weighted by atomic mass is 9.86. The van der Waals surface area contributed by atoms with E-state index in [-0.39, 0.29) is 30.6 Å². The molecule has 1 N–H and O–H groups in total. The molecule has 20 heavy (non-hydrogen) atoms. The van der Waals surface area contributed by atoms with Crippen molar-refractivity contribution in [3.63, 3.8) is 0 Å². The second kappa shape index (κ2) is 7.23. The molecule has 0 spiro atoms. The van der Waals surface area contributed by atoms with E-state index >= 15 is 0 Å². The lowest BCUT2D eigenvalue weighted by Crippen LogP contribution is -2.41. The summed E-state index contributed by atoms with van der Waals surface area (Å²) < 4.78 is 0.605. The standard InChI is InChI=1S/C15H20ClNO2S/c1-10-4-2-3-5-11(10)17-15(19)9-6-12(18)13-7-8-14(16)20-13/h7-8,10-11H,2-6,9H2,1H3,(H,17,19)/t10-,11+/m0/s1. The van der Waals surface area contributed by atoms with Crippen LogP contribution in [0.25, 0.3) is 0 Å². The van der Waals surface area contributed by atoms with E-state index in [0.717, 1.165) is 6.42 Å². The zero-order valence-corrected chi connectivity index (χ0v) is 13.2. The SMILES string of the molecule is C[C@H]1CCCC[C@H]1NC(=O)CCC(=O)c1ccc(Cl)s1. The lowest BCUT2D eigenvalue weighted by Gasteiger charge is -2.29. The molecule has 1 fully saturated rings. The molecule has 110 valence electrons. The summed E-state index contributed by atoms with van der Waals surface area (Å²) in [4.78, 5) is 24.4. The molecule has 1 amide bonds. The summed E-state index contributed by atoms with van der Waals surface area (Å²) in [7, 11) is 0. The van der Waals surface area contributed by atoms with Gasteiger partial charge in [-0.05, 0) is 30.9 Å². The first-order valence-electron chi connectivity index (χ1n) is 7.14. The van der Waals surface area contributed by atoms with E-state index in [1.54, 1.807) is 12.1 Å². The average molecular weight is 314 g/mol. The molecule has 0 saturated heterocycles. The predicted molar refractivity (Wildman–Crippen MR) is 82.5 cm³/mol. The third-order valence-corrected chi connectivity index (χ3v) is 5.16. The molecule has 2 atom stereocenters. The number of halogens is 1. The van der Waals surface area contributed by atoms with Gasteiger partial charge in [0.25, 0.3) is 0 Å². The van der Waals surface area contributed by atoms with E-state index in [1.807, 2.05) is 0 Å². The van der Waals surface area contributed by atoms with Gasteiger partial charge < -0.3 is 5.32 Å². The fourth-order valence-electron chi connectivity index (χ4n) is 2.62. The van der Waals surface area contributed by atoms with Gasteiger partial charge in [-0.3, -0.25) is 9.59 Å². The van der Waals surface area contributed by atoms with Gasteiger partial charge in [0.15, 0.2) is 5.78 Å². The number of thiophene rings is 1. The highest BCUT2D eigenvalue weighted by atomic mass is 35.5. The number of hydrogen-bond acceptors (Lipinski definition) is 3. The lowest BCUT2D eigenvalue weighted by molar-refractivity contribution is -0.122. The fraction of sp³-hybridized carbons (Fsp3) is 0.600. The van der Waals surface area contributed by atoms with Crippen molar-refractivity contribution >= 4 is 34.6 Å². The smallest absolute Gasteiger partial charge is 0.220 e. The summed E-state index contributed by atoms with van der Waals surface area (Å²) in [6.45, 7) is 2.18. The van der Waals surface area contributed by atoms with Gasteiger partial charge in [0, 0.05) is 18.9 Å². The molecule has 1 aromatic heterocycles.